The highest BCUT2D eigenvalue weighted by Crippen LogP contribution is 2.39. The molecule has 0 amide bonds. The molecule has 160 valence electrons. The Bertz CT molecular complexity index is 1200. The van der Waals surface area contributed by atoms with Gasteiger partial charge in [-0.2, -0.15) is 4.98 Å². The Balaban J connectivity index is 1.81. The second-order valence-electron chi connectivity index (χ2n) is 9.76. The van der Waals surface area contributed by atoms with E-state index < -0.39 is 11.2 Å². The van der Waals surface area contributed by atoms with Crippen molar-refractivity contribution < 1.29 is 0 Å². The van der Waals surface area contributed by atoms with Crippen molar-refractivity contribution in [1.82, 2.24) is 19.1 Å². The third-order valence-electron chi connectivity index (χ3n) is 6.15. The molecule has 4 rings (SSSR count). The number of aryl methyl sites for hydroxylation is 2. The number of aromatic nitrogens is 4. The highest BCUT2D eigenvalue weighted by molar-refractivity contribution is 5.74. The van der Waals surface area contributed by atoms with Gasteiger partial charge in [-0.1, -0.05) is 50.6 Å². The first kappa shape index (κ1) is 20.4. The van der Waals surface area contributed by atoms with Crippen LogP contribution in [0.5, 0.6) is 0 Å². The second kappa shape index (κ2) is 7.45. The summed E-state index contributed by atoms with van der Waals surface area (Å²) in [5, 5.41) is 3.62. The lowest BCUT2D eigenvalue weighted by Gasteiger charge is -2.39. The minimum absolute atomic E-state index is 0.257. The molecule has 1 aliphatic rings. The van der Waals surface area contributed by atoms with Gasteiger partial charge in [0.05, 0.1) is 6.54 Å². The summed E-state index contributed by atoms with van der Waals surface area (Å²) in [6.07, 6.45) is 3.31. The van der Waals surface area contributed by atoms with E-state index in [9.17, 15) is 9.59 Å². The van der Waals surface area contributed by atoms with Crippen LogP contribution in [0.3, 0.4) is 0 Å². The van der Waals surface area contributed by atoms with Crippen LogP contribution >= 0.6 is 0 Å². The zero-order chi connectivity index (χ0) is 21.6. The summed E-state index contributed by atoms with van der Waals surface area (Å²) in [7, 11) is 1.64. The van der Waals surface area contributed by atoms with Gasteiger partial charge >= 0.3 is 5.69 Å². The fourth-order valence-electron chi connectivity index (χ4n) is 5.13. The highest BCUT2D eigenvalue weighted by atomic mass is 16.2. The molecule has 2 atom stereocenters. The minimum Gasteiger partial charge on any atom is -0.353 e. The fourth-order valence-corrected chi connectivity index (χ4v) is 5.13. The molecule has 3 aromatic rings. The highest BCUT2D eigenvalue weighted by Gasteiger charge is 2.33. The maximum atomic E-state index is 12.7. The van der Waals surface area contributed by atoms with Crippen molar-refractivity contribution in [3.63, 3.8) is 0 Å². The van der Waals surface area contributed by atoms with E-state index >= 15 is 0 Å². The maximum Gasteiger partial charge on any atom is 0.329 e. The summed E-state index contributed by atoms with van der Waals surface area (Å²) in [5.41, 5.74) is 2.47. The molecule has 0 spiro atoms. The first-order valence-corrected chi connectivity index (χ1v) is 10.6. The van der Waals surface area contributed by atoms with Crippen molar-refractivity contribution in [3.05, 3.63) is 56.2 Å². The lowest BCUT2D eigenvalue weighted by atomic mass is 9.71. The van der Waals surface area contributed by atoms with E-state index in [-0.39, 0.29) is 11.5 Å². The monoisotopic (exact) mass is 409 g/mol. The third kappa shape index (κ3) is 3.93. The molecule has 1 aliphatic carbocycles. The van der Waals surface area contributed by atoms with Gasteiger partial charge in [0.2, 0.25) is 5.95 Å². The van der Waals surface area contributed by atoms with Crippen molar-refractivity contribution in [3.8, 4) is 0 Å². The molecule has 0 bridgehead atoms. The molecular weight excluding hydrogens is 378 g/mol. The summed E-state index contributed by atoms with van der Waals surface area (Å²) in [5.74, 6) is 1.27. The van der Waals surface area contributed by atoms with Crippen LogP contribution in [0, 0.1) is 18.3 Å². The zero-order valence-corrected chi connectivity index (χ0v) is 18.5. The quantitative estimate of drug-likeness (QED) is 0.692. The molecule has 2 aromatic heterocycles. The predicted molar refractivity (Wildman–Crippen MR) is 120 cm³/mol. The molecule has 1 saturated carbocycles. The van der Waals surface area contributed by atoms with Crippen LogP contribution in [0.25, 0.3) is 11.2 Å². The number of benzene rings is 1. The molecule has 1 fully saturated rings. The topological polar surface area (TPSA) is 84.7 Å². The molecule has 2 N–H and O–H groups in total. The average Bonchev–Trinajstić information content (AvgIpc) is 2.97. The first-order valence-electron chi connectivity index (χ1n) is 10.6. The van der Waals surface area contributed by atoms with Crippen molar-refractivity contribution in [1.29, 1.82) is 0 Å². The summed E-state index contributed by atoms with van der Waals surface area (Å²) in [6.45, 7) is 9.47. The van der Waals surface area contributed by atoms with Crippen LogP contribution in [0.4, 0.5) is 5.95 Å². The van der Waals surface area contributed by atoms with Crippen molar-refractivity contribution >= 4 is 17.1 Å². The van der Waals surface area contributed by atoms with Gasteiger partial charge in [0.25, 0.3) is 5.56 Å². The average molecular weight is 410 g/mol. The summed E-state index contributed by atoms with van der Waals surface area (Å²) >= 11 is 0. The first-order chi connectivity index (χ1) is 14.1. The Morgan fingerprint density at radius 2 is 2.03 bits per heavy atom. The summed E-state index contributed by atoms with van der Waals surface area (Å²) in [4.78, 5) is 32.0. The van der Waals surface area contributed by atoms with E-state index in [1.807, 2.05) is 16.7 Å². The van der Waals surface area contributed by atoms with Gasteiger partial charge in [0.15, 0.2) is 11.2 Å². The van der Waals surface area contributed by atoms with Gasteiger partial charge in [-0.25, -0.2) is 4.79 Å². The number of hydrogen-bond acceptors (Lipinski definition) is 4. The molecule has 1 aromatic carbocycles. The number of rotatable bonds is 4. The molecule has 0 radical (unpaired) electrons. The van der Waals surface area contributed by atoms with Gasteiger partial charge in [-0.05, 0) is 43.1 Å². The van der Waals surface area contributed by atoms with E-state index in [4.69, 9.17) is 4.98 Å². The van der Waals surface area contributed by atoms with Gasteiger partial charge in [0.1, 0.15) is 0 Å². The Morgan fingerprint density at radius 1 is 1.27 bits per heavy atom. The number of nitrogens with one attached hydrogen (secondary N) is 2. The number of H-pyrrole nitrogens is 1. The van der Waals surface area contributed by atoms with Crippen LogP contribution in [-0.4, -0.2) is 25.1 Å². The van der Waals surface area contributed by atoms with Crippen LogP contribution < -0.4 is 16.6 Å². The van der Waals surface area contributed by atoms with Crippen molar-refractivity contribution in [2.45, 2.75) is 59.5 Å². The molecule has 0 unspecified atom stereocenters. The fraction of sp³-hybridized carbons (Fsp3) is 0.522. The maximum absolute atomic E-state index is 12.7. The normalized spacial score (nSPS) is 21.1. The molecule has 0 saturated heterocycles. The Morgan fingerprint density at radius 3 is 2.73 bits per heavy atom. The molecule has 7 heteroatoms. The van der Waals surface area contributed by atoms with E-state index in [0.29, 0.717) is 29.6 Å². The van der Waals surface area contributed by atoms with Gasteiger partial charge < -0.3 is 5.32 Å². The number of nitrogens with zero attached hydrogens (tertiary/aromatic N) is 3. The van der Waals surface area contributed by atoms with Crippen LogP contribution in [0.2, 0.25) is 0 Å². The molecule has 30 heavy (non-hydrogen) atoms. The number of hydrogen-bond donors (Lipinski definition) is 2. The van der Waals surface area contributed by atoms with Crippen molar-refractivity contribution in [2.75, 3.05) is 5.32 Å². The Hall–Kier alpha value is -2.83. The number of aromatic amines is 1. The molecule has 7 nitrogen and oxygen atoms in total. The van der Waals surface area contributed by atoms with Gasteiger partial charge in [0, 0.05) is 13.1 Å². The van der Waals surface area contributed by atoms with E-state index in [1.165, 1.54) is 11.0 Å². The number of imidazole rings is 1. The van der Waals surface area contributed by atoms with Gasteiger partial charge in [-0.3, -0.25) is 18.9 Å². The second-order valence-corrected chi connectivity index (χ2v) is 9.76. The van der Waals surface area contributed by atoms with Crippen LogP contribution in [0.15, 0.2) is 33.9 Å². The molecular formula is C23H31N5O2. The summed E-state index contributed by atoms with van der Waals surface area (Å²) < 4.78 is 3.32. The standard InChI is InChI=1S/C23H31N5O2/c1-14-7-6-8-16(9-14)13-28-18-19(27(5)22(30)26-20(18)29)25-21(28)24-17-10-15(2)11-23(3,4)12-17/h6-9,15,17H,10-13H2,1-5H3,(H,24,25)(H,26,29,30)/t15-,17-/m0/s1. The molecule has 0 aliphatic heterocycles. The Kier molecular flexibility index (Phi) is 5.08. The van der Waals surface area contributed by atoms with E-state index in [0.717, 1.165) is 24.0 Å². The lowest BCUT2D eigenvalue weighted by molar-refractivity contribution is 0.177. The smallest absolute Gasteiger partial charge is 0.329 e. The largest absolute Gasteiger partial charge is 0.353 e. The third-order valence-corrected chi connectivity index (χ3v) is 6.15. The predicted octanol–water partition coefficient (Wildman–Crippen LogP) is 3.41. The molecule has 2 heterocycles. The van der Waals surface area contributed by atoms with Gasteiger partial charge in [-0.15, -0.1) is 0 Å². The summed E-state index contributed by atoms with van der Waals surface area (Å²) in [6, 6.07) is 8.49. The SMILES string of the molecule is Cc1cccc(Cn2c(N[C@H]3C[C@H](C)CC(C)(C)C3)nc3c2c(=O)[nH]c(=O)n3C)c1. The Labute approximate surface area is 176 Å². The van der Waals surface area contributed by atoms with Crippen LogP contribution in [0.1, 0.15) is 51.2 Å². The minimum atomic E-state index is -0.452. The zero-order valence-electron chi connectivity index (χ0n) is 18.5. The van der Waals surface area contributed by atoms with E-state index in [1.54, 1.807) is 7.05 Å². The van der Waals surface area contributed by atoms with Crippen molar-refractivity contribution in [2.24, 2.45) is 18.4 Å². The van der Waals surface area contributed by atoms with Crippen LogP contribution in [-0.2, 0) is 13.6 Å². The number of fused-ring (bicyclic) bond motifs is 1. The van der Waals surface area contributed by atoms with E-state index in [2.05, 4.69) is 50.1 Å². The lowest BCUT2D eigenvalue weighted by Crippen LogP contribution is -2.36. The number of anilines is 1.